The van der Waals surface area contributed by atoms with Gasteiger partial charge in [-0.2, -0.15) is 13.3 Å². The summed E-state index contributed by atoms with van der Waals surface area (Å²) < 4.78 is 0. The summed E-state index contributed by atoms with van der Waals surface area (Å²) in [7, 11) is 0. The summed E-state index contributed by atoms with van der Waals surface area (Å²) in [5.41, 5.74) is 1.43. The first-order chi connectivity index (χ1) is 4.93. The Hall–Kier alpha value is 0.466. The Labute approximate surface area is 102 Å². The third-order valence-corrected chi connectivity index (χ3v) is 1.56. The van der Waals surface area contributed by atoms with E-state index in [1.54, 1.807) is 0 Å². The molecule has 0 heterocycles. The number of aryl methyl sites for hydroxylation is 1. The molecule has 0 aromatic heterocycles. The summed E-state index contributed by atoms with van der Waals surface area (Å²) in [6, 6.07) is 10.6. The van der Waals surface area contributed by atoms with Gasteiger partial charge in [0.15, 0.2) is 0 Å². The summed E-state index contributed by atoms with van der Waals surface area (Å²) in [5.74, 6) is 0. The van der Waals surface area contributed by atoms with Gasteiger partial charge in [0.1, 0.15) is 0 Å². The second-order valence-corrected chi connectivity index (χ2v) is 2.43. The number of halogens is 1. The van der Waals surface area contributed by atoms with Crippen molar-refractivity contribution >= 4 is 23.1 Å². The van der Waals surface area contributed by atoms with Gasteiger partial charge in [-0.25, -0.2) is 0 Å². The second kappa shape index (κ2) is 9.55. The standard InChI is InChI=1S/C10H13.BrH.Mg/c1-2-3-7-10-8-5-4-6-9-10;;/h2,4-6,8-9H,3,7H2,1H3;1H;/q-1;;+2/p-1. The Bertz CT molecular complexity index is 174. The Morgan fingerprint density at radius 2 is 1.75 bits per heavy atom. The maximum absolute atomic E-state index is 2.20. The van der Waals surface area contributed by atoms with Crippen molar-refractivity contribution in [2.75, 3.05) is 0 Å². The van der Waals surface area contributed by atoms with E-state index >= 15 is 0 Å². The largest absolute Gasteiger partial charge is 2.00 e. The molecule has 0 spiro atoms. The van der Waals surface area contributed by atoms with Gasteiger partial charge in [-0.15, -0.1) is 0 Å². The molecule has 0 aliphatic carbocycles. The Balaban J connectivity index is 0. The van der Waals surface area contributed by atoms with Crippen LogP contribution in [0.25, 0.3) is 0 Å². The van der Waals surface area contributed by atoms with Gasteiger partial charge < -0.3 is 23.4 Å². The maximum atomic E-state index is 2.20. The molecular formula is C10H13BrMg. The van der Waals surface area contributed by atoms with Crippen molar-refractivity contribution in [1.29, 1.82) is 0 Å². The molecule has 1 rings (SSSR count). The minimum Gasteiger partial charge on any atom is -1.00 e. The van der Waals surface area contributed by atoms with Crippen LogP contribution >= 0.6 is 0 Å². The minimum atomic E-state index is 0. The third-order valence-electron chi connectivity index (χ3n) is 1.56. The Morgan fingerprint density at radius 3 is 2.25 bits per heavy atom. The predicted molar refractivity (Wildman–Crippen MR) is 50.5 cm³/mol. The molecule has 2 heteroatoms. The summed E-state index contributed by atoms with van der Waals surface area (Å²) >= 11 is 0. The Morgan fingerprint density at radius 1 is 1.17 bits per heavy atom. The van der Waals surface area contributed by atoms with Crippen LogP contribution in [-0.2, 0) is 6.42 Å². The molecule has 1 aromatic rings. The van der Waals surface area contributed by atoms with E-state index in [9.17, 15) is 0 Å². The van der Waals surface area contributed by atoms with Gasteiger partial charge in [0, 0.05) is 0 Å². The van der Waals surface area contributed by atoms with Crippen LogP contribution in [0.15, 0.2) is 30.3 Å². The van der Waals surface area contributed by atoms with Gasteiger partial charge in [-0.3, -0.25) is 0 Å². The van der Waals surface area contributed by atoms with Crippen molar-refractivity contribution in [3.63, 3.8) is 0 Å². The minimum absolute atomic E-state index is 0. The quantitative estimate of drug-likeness (QED) is 0.490. The topological polar surface area (TPSA) is 0 Å². The van der Waals surface area contributed by atoms with Gasteiger partial charge in [0.2, 0.25) is 0 Å². The first-order valence-electron chi connectivity index (χ1n) is 3.75. The molecule has 0 amide bonds. The molecule has 0 aliphatic rings. The zero-order valence-corrected chi connectivity index (χ0v) is 10.5. The van der Waals surface area contributed by atoms with Crippen LogP contribution < -0.4 is 17.0 Å². The van der Waals surface area contributed by atoms with Gasteiger partial charge >= 0.3 is 23.1 Å². The summed E-state index contributed by atoms with van der Waals surface area (Å²) in [4.78, 5) is 0. The first kappa shape index (κ1) is 15.0. The van der Waals surface area contributed by atoms with Crippen LogP contribution in [0.2, 0.25) is 0 Å². The van der Waals surface area contributed by atoms with E-state index in [2.05, 4.69) is 43.7 Å². The summed E-state index contributed by atoms with van der Waals surface area (Å²) in [5, 5.41) is 0. The summed E-state index contributed by atoms with van der Waals surface area (Å²) in [6.07, 6.45) is 4.56. The first-order valence-corrected chi connectivity index (χ1v) is 3.75. The molecule has 0 bridgehead atoms. The molecule has 1 aromatic carbocycles. The van der Waals surface area contributed by atoms with Crippen molar-refractivity contribution < 1.29 is 17.0 Å². The number of rotatable bonds is 3. The molecule has 0 saturated carbocycles. The molecule has 12 heavy (non-hydrogen) atoms. The van der Waals surface area contributed by atoms with E-state index in [-0.39, 0.29) is 40.0 Å². The SMILES string of the molecule is C[CH-]CCc1ccccc1.[Br-].[Mg+2]. The van der Waals surface area contributed by atoms with Crippen molar-refractivity contribution in [2.45, 2.75) is 19.8 Å². The summed E-state index contributed by atoms with van der Waals surface area (Å²) in [6.45, 7) is 2.10. The average Bonchev–Trinajstić information content (AvgIpc) is 2.03. The molecule has 0 aliphatic heterocycles. The smallest absolute Gasteiger partial charge is 1.00 e. The van der Waals surface area contributed by atoms with E-state index in [0.717, 1.165) is 0 Å². The van der Waals surface area contributed by atoms with Crippen LogP contribution in [0.1, 0.15) is 18.9 Å². The van der Waals surface area contributed by atoms with Crippen LogP contribution in [0, 0.1) is 6.42 Å². The van der Waals surface area contributed by atoms with Gasteiger partial charge in [-0.05, 0) is 0 Å². The van der Waals surface area contributed by atoms with Crippen LogP contribution in [0.3, 0.4) is 0 Å². The van der Waals surface area contributed by atoms with E-state index in [0.29, 0.717) is 0 Å². The van der Waals surface area contributed by atoms with Gasteiger partial charge in [0.05, 0.1) is 0 Å². The fraction of sp³-hybridized carbons (Fsp3) is 0.300. The zero-order chi connectivity index (χ0) is 7.23. The number of hydrogen-bond donors (Lipinski definition) is 0. The monoisotopic (exact) mass is 236 g/mol. The van der Waals surface area contributed by atoms with Crippen LogP contribution in [0.5, 0.6) is 0 Å². The van der Waals surface area contributed by atoms with Crippen LogP contribution in [-0.4, -0.2) is 23.1 Å². The molecule has 0 atom stereocenters. The van der Waals surface area contributed by atoms with Crippen molar-refractivity contribution in [3.05, 3.63) is 42.3 Å². The predicted octanol–water partition coefficient (Wildman–Crippen LogP) is -0.533. The molecule has 0 N–H and O–H groups in total. The third kappa shape index (κ3) is 6.03. The molecule has 0 fully saturated rings. The van der Waals surface area contributed by atoms with Gasteiger partial charge in [0.25, 0.3) is 0 Å². The van der Waals surface area contributed by atoms with E-state index in [4.69, 9.17) is 0 Å². The number of hydrogen-bond acceptors (Lipinski definition) is 0. The molecular weight excluding hydrogens is 224 g/mol. The van der Waals surface area contributed by atoms with Crippen molar-refractivity contribution in [1.82, 2.24) is 0 Å². The van der Waals surface area contributed by atoms with E-state index in [1.807, 2.05) is 0 Å². The van der Waals surface area contributed by atoms with Crippen molar-refractivity contribution in [3.8, 4) is 0 Å². The Kier molecular flexibility index (Phi) is 11.9. The fourth-order valence-electron chi connectivity index (χ4n) is 0.956. The normalized spacial score (nSPS) is 8.08. The van der Waals surface area contributed by atoms with Crippen LogP contribution in [0.4, 0.5) is 0 Å². The fourth-order valence-corrected chi connectivity index (χ4v) is 0.956. The molecule has 0 saturated heterocycles. The average molecular weight is 237 g/mol. The second-order valence-electron chi connectivity index (χ2n) is 2.43. The van der Waals surface area contributed by atoms with Gasteiger partial charge in [-0.1, -0.05) is 42.3 Å². The molecule has 0 nitrogen and oxygen atoms in total. The van der Waals surface area contributed by atoms with E-state index in [1.165, 1.54) is 18.4 Å². The van der Waals surface area contributed by atoms with E-state index < -0.39 is 0 Å². The zero-order valence-electron chi connectivity index (χ0n) is 7.46. The molecule has 0 radical (unpaired) electrons. The molecule has 62 valence electrons. The maximum Gasteiger partial charge on any atom is 2.00 e. The molecule has 0 unspecified atom stereocenters. The number of benzene rings is 1. The van der Waals surface area contributed by atoms with Crippen molar-refractivity contribution in [2.24, 2.45) is 0 Å². The number of unbranched alkanes of at least 4 members (excludes halogenated alkanes) is 1.